The molecule has 4 heteroatoms. The molecule has 0 aliphatic rings. The van der Waals surface area contributed by atoms with Crippen molar-refractivity contribution in [1.82, 2.24) is 0 Å². The molecule has 0 unspecified atom stereocenters. The van der Waals surface area contributed by atoms with Crippen LogP contribution in [0.25, 0.3) is 0 Å². The van der Waals surface area contributed by atoms with Crippen LogP contribution in [0.2, 0.25) is 0 Å². The summed E-state index contributed by atoms with van der Waals surface area (Å²) < 4.78 is 0. The van der Waals surface area contributed by atoms with Crippen LogP contribution in [0.15, 0.2) is 0 Å². The van der Waals surface area contributed by atoms with Gasteiger partial charge in [-0.3, -0.25) is 10.1 Å². The van der Waals surface area contributed by atoms with E-state index in [4.69, 9.17) is 5.11 Å². The summed E-state index contributed by atoms with van der Waals surface area (Å²) in [6.07, 6.45) is 0.462. The fourth-order valence-electron chi connectivity index (χ4n) is 0.417. The lowest BCUT2D eigenvalue weighted by molar-refractivity contribution is -0.481. The Kier molecular flexibility index (Phi) is 3.96. The molecule has 9 heavy (non-hydrogen) atoms. The Morgan fingerprint density at radius 2 is 2.33 bits per heavy atom. The zero-order valence-corrected chi connectivity index (χ0v) is 5.41. The summed E-state index contributed by atoms with van der Waals surface area (Å²) in [6.45, 7) is 1.78. The fraction of sp³-hybridized carbons (Fsp3) is 1.00. The monoisotopic (exact) mass is 133 g/mol. The zero-order chi connectivity index (χ0) is 7.28. The molecule has 0 spiro atoms. The summed E-state index contributed by atoms with van der Waals surface area (Å²) in [5.74, 6) is 0.0513. The molecule has 0 aromatic rings. The van der Waals surface area contributed by atoms with Crippen LogP contribution >= 0.6 is 0 Å². The summed E-state index contributed by atoms with van der Waals surface area (Å²) in [5, 5.41) is 18.2. The molecule has 1 atom stereocenters. The van der Waals surface area contributed by atoms with Gasteiger partial charge in [-0.2, -0.15) is 0 Å². The van der Waals surface area contributed by atoms with Gasteiger partial charge in [0.1, 0.15) is 0 Å². The first kappa shape index (κ1) is 8.36. The maximum atomic E-state index is 9.74. The molecule has 0 aromatic heterocycles. The van der Waals surface area contributed by atoms with Crippen LogP contribution in [0.3, 0.4) is 0 Å². The largest absolute Gasteiger partial charge is 0.396 e. The van der Waals surface area contributed by atoms with Gasteiger partial charge in [0.2, 0.25) is 6.54 Å². The van der Waals surface area contributed by atoms with E-state index < -0.39 is 0 Å². The van der Waals surface area contributed by atoms with Crippen molar-refractivity contribution in [2.24, 2.45) is 5.92 Å². The van der Waals surface area contributed by atoms with E-state index in [-0.39, 0.29) is 24.0 Å². The minimum atomic E-state index is -0.369. The molecule has 0 radical (unpaired) electrons. The van der Waals surface area contributed by atoms with Gasteiger partial charge in [-0.05, 0) is 5.92 Å². The highest BCUT2D eigenvalue weighted by Crippen LogP contribution is 1.98. The first-order valence-corrected chi connectivity index (χ1v) is 2.89. The van der Waals surface area contributed by atoms with Crippen molar-refractivity contribution in [3.8, 4) is 0 Å². The predicted octanol–water partition coefficient (Wildman–Crippen LogP) is 0.282. The molecule has 0 heterocycles. The molecule has 0 aliphatic carbocycles. The van der Waals surface area contributed by atoms with E-state index >= 15 is 0 Å². The minimum Gasteiger partial charge on any atom is -0.396 e. The molecule has 0 rings (SSSR count). The third-order valence-electron chi connectivity index (χ3n) is 1.12. The third kappa shape index (κ3) is 5.23. The lowest BCUT2D eigenvalue weighted by Crippen LogP contribution is -2.08. The Balaban J connectivity index is 3.16. The van der Waals surface area contributed by atoms with Crippen molar-refractivity contribution in [3.05, 3.63) is 10.1 Å². The lowest BCUT2D eigenvalue weighted by atomic mass is 10.1. The van der Waals surface area contributed by atoms with Gasteiger partial charge in [0.05, 0.1) is 0 Å². The number of nitrogens with zero attached hydrogens (tertiary/aromatic N) is 1. The van der Waals surface area contributed by atoms with Gasteiger partial charge in [-0.1, -0.05) is 6.92 Å². The fourth-order valence-corrected chi connectivity index (χ4v) is 0.417. The van der Waals surface area contributed by atoms with Crippen LogP contribution in [0.1, 0.15) is 13.3 Å². The Morgan fingerprint density at radius 1 is 1.78 bits per heavy atom. The highest BCUT2D eigenvalue weighted by molar-refractivity contribution is 4.46. The number of rotatable bonds is 4. The van der Waals surface area contributed by atoms with Crippen LogP contribution < -0.4 is 0 Å². The average Bonchev–Trinajstić information content (AvgIpc) is 1.83. The standard InChI is InChI=1S/C5H11NO3/c1-5(4-7)2-3-6(8)9/h5,7H,2-4H2,1H3/t5-/m0/s1. The zero-order valence-electron chi connectivity index (χ0n) is 5.41. The Bertz CT molecular complexity index is 94.2. The lowest BCUT2D eigenvalue weighted by Gasteiger charge is -2.01. The van der Waals surface area contributed by atoms with Crippen molar-refractivity contribution < 1.29 is 10.0 Å². The molecule has 0 saturated carbocycles. The van der Waals surface area contributed by atoms with Gasteiger partial charge in [0, 0.05) is 18.0 Å². The smallest absolute Gasteiger partial charge is 0.204 e. The van der Waals surface area contributed by atoms with E-state index in [2.05, 4.69) is 0 Å². The van der Waals surface area contributed by atoms with Crippen LogP contribution in [-0.4, -0.2) is 23.2 Å². The molecule has 54 valence electrons. The van der Waals surface area contributed by atoms with Gasteiger partial charge in [0.25, 0.3) is 0 Å². The summed E-state index contributed by atoms with van der Waals surface area (Å²) in [4.78, 5) is 9.37. The van der Waals surface area contributed by atoms with E-state index in [0.717, 1.165) is 0 Å². The SMILES string of the molecule is C[C@H](CO)CC[N+](=O)[O-]. The van der Waals surface area contributed by atoms with Crippen molar-refractivity contribution in [1.29, 1.82) is 0 Å². The van der Waals surface area contributed by atoms with E-state index in [0.29, 0.717) is 6.42 Å². The van der Waals surface area contributed by atoms with Crippen molar-refractivity contribution in [2.75, 3.05) is 13.2 Å². The first-order valence-electron chi connectivity index (χ1n) is 2.89. The topological polar surface area (TPSA) is 63.4 Å². The second-order valence-corrected chi connectivity index (χ2v) is 2.13. The van der Waals surface area contributed by atoms with Crippen LogP contribution in [0.5, 0.6) is 0 Å². The van der Waals surface area contributed by atoms with Crippen LogP contribution in [0, 0.1) is 16.0 Å². The van der Waals surface area contributed by atoms with Gasteiger partial charge in [-0.25, -0.2) is 0 Å². The van der Waals surface area contributed by atoms with Gasteiger partial charge in [-0.15, -0.1) is 0 Å². The molecule has 0 saturated heterocycles. The average molecular weight is 133 g/mol. The minimum absolute atomic E-state index is 0.0356. The number of aliphatic hydroxyl groups excluding tert-OH is 1. The highest BCUT2D eigenvalue weighted by Gasteiger charge is 2.03. The molecule has 0 bridgehead atoms. The Morgan fingerprint density at radius 3 is 2.67 bits per heavy atom. The molecular weight excluding hydrogens is 122 g/mol. The van der Waals surface area contributed by atoms with Crippen LogP contribution in [0.4, 0.5) is 0 Å². The quantitative estimate of drug-likeness (QED) is 0.442. The number of nitro groups is 1. The summed E-state index contributed by atoms with van der Waals surface area (Å²) >= 11 is 0. The van der Waals surface area contributed by atoms with E-state index in [1.807, 2.05) is 0 Å². The van der Waals surface area contributed by atoms with Gasteiger partial charge >= 0.3 is 0 Å². The summed E-state index contributed by atoms with van der Waals surface area (Å²) in [7, 11) is 0. The van der Waals surface area contributed by atoms with Crippen LogP contribution in [-0.2, 0) is 0 Å². The normalized spacial score (nSPS) is 13.1. The molecule has 0 fully saturated rings. The number of hydrogen-bond donors (Lipinski definition) is 1. The predicted molar refractivity (Wildman–Crippen MR) is 32.7 cm³/mol. The Hall–Kier alpha value is -0.640. The number of hydrogen-bond acceptors (Lipinski definition) is 3. The highest BCUT2D eigenvalue weighted by atomic mass is 16.6. The van der Waals surface area contributed by atoms with Crippen molar-refractivity contribution >= 4 is 0 Å². The molecule has 4 nitrogen and oxygen atoms in total. The Labute approximate surface area is 53.6 Å². The van der Waals surface area contributed by atoms with Gasteiger partial charge < -0.3 is 5.11 Å². The second kappa shape index (κ2) is 4.26. The maximum Gasteiger partial charge on any atom is 0.204 e. The number of aliphatic hydroxyl groups is 1. The molecule has 0 aliphatic heterocycles. The first-order chi connectivity index (χ1) is 4.16. The third-order valence-corrected chi connectivity index (χ3v) is 1.12. The molecule has 1 N–H and O–H groups in total. The van der Waals surface area contributed by atoms with E-state index in [9.17, 15) is 10.1 Å². The maximum absolute atomic E-state index is 9.74. The van der Waals surface area contributed by atoms with E-state index in [1.54, 1.807) is 6.92 Å². The molecular formula is C5H11NO3. The van der Waals surface area contributed by atoms with E-state index in [1.165, 1.54) is 0 Å². The molecule has 0 aromatic carbocycles. The van der Waals surface area contributed by atoms with Gasteiger partial charge in [0.15, 0.2) is 0 Å². The second-order valence-electron chi connectivity index (χ2n) is 2.13. The summed E-state index contributed by atoms with van der Waals surface area (Å²) in [5.41, 5.74) is 0. The van der Waals surface area contributed by atoms with Crippen molar-refractivity contribution in [3.63, 3.8) is 0 Å². The van der Waals surface area contributed by atoms with Crippen molar-refractivity contribution in [2.45, 2.75) is 13.3 Å². The molecule has 0 amide bonds. The summed E-state index contributed by atoms with van der Waals surface area (Å²) in [6, 6.07) is 0.